The van der Waals surface area contributed by atoms with Gasteiger partial charge < -0.3 is 14.8 Å². The van der Waals surface area contributed by atoms with Gasteiger partial charge in [0.15, 0.2) is 6.61 Å². The van der Waals surface area contributed by atoms with Gasteiger partial charge in [-0.25, -0.2) is 4.39 Å². The second-order valence-corrected chi connectivity index (χ2v) is 5.84. The van der Waals surface area contributed by atoms with Crippen molar-refractivity contribution in [2.24, 2.45) is 0 Å². The van der Waals surface area contributed by atoms with Crippen LogP contribution in [-0.4, -0.2) is 43.5 Å². The van der Waals surface area contributed by atoms with Gasteiger partial charge in [-0.2, -0.15) is 0 Å². The summed E-state index contributed by atoms with van der Waals surface area (Å²) >= 11 is 1.04. The SMILES string of the molecule is O=C(COC(=O)CSc1ccccc1F)NC[C@@H]1CCCO1. The van der Waals surface area contributed by atoms with Gasteiger partial charge >= 0.3 is 5.97 Å². The highest BCUT2D eigenvalue weighted by Gasteiger charge is 2.16. The quantitative estimate of drug-likeness (QED) is 0.611. The fourth-order valence-electron chi connectivity index (χ4n) is 1.97. The molecule has 0 unspecified atom stereocenters. The zero-order valence-corrected chi connectivity index (χ0v) is 12.9. The minimum Gasteiger partial charge on any atom is -0.455 e. The fraction of sp³-hybridized carbons (Fsp3) is 0.467. The standard InChI is InChI=1S/C15H18FNO4S/c16-12-5-1-2-6-13(12)22-10-15(19)21-9-14(18)17-8-11-4-3-7-20-11/h1-2,5-6,11H,3-4,7-10H2,(H,17,18)/t11-/m0/s1. The highest BCUT2D eigenvalue weighted by molar-refractivity contribution is 8.00. The monoisotopic (exact) mass is 327 g/mol. The summed E-state index contributed by atoms with van der Waals surface area (Å²) in [5, 5.41) is 2.65. The molecule has 1 N–H and O–H groups in total. The molecule has 1 atom stereocenters. The Morgan fingerprint density at radius 3 is 2.95 bits per heavy atom. The van der Waals surface area contributed by atoms with Gasteiger partial charge in [-0.15, -0.1) is 11.8 Å². The molecule has 0 spiro atoms. The largest absolute Gasteiger partial charge is 0.455 e. The maximum absolute atomic E-state index is 13.4. The molecule has 0 saturated carbocycles. The zero-order valence-electron chi connectivity index (χ0n) is 12.0. The fourth-order valence-corrected chi connectivity index (χ4v) is 2.71. The molecule has 0 bridgehead atoms. The molecule has 22 heavy (non-hydrogen) atoms. The van der Waals surface area contributed by atoms with Crippen LogP contribution in [0.25, 0.3) is 0 Å². The molecule has 2 rings (SSSR count). The number of thioether (sulfide) groups is 1. The summed E-state index contributed by atoms with van der Waals surface area (Å²) in [6, 6.07) is 6.18. The number of carbonyl (C=O) groups excluding carboxylic acids is 2. The van der Waals surface area contributed by atoms with Crippen LogP contribution in [0.15, 0.2) is 29.2 Å². The van der Waals surface area contributed by atoms with Crippen LogP contribution in [0.5, 0.6) is 0 Å². The second kappa shape index (κ2) is 8.75. The molecule has 1 aliphatic rings. The van der Waals surface area contributed by atoms with Gasteiger partial charge in [-0.1, -0.05) is 12.1 Å². The highest BCUT2D eigenvalue weighted by atomic mass is 32.2. The number of halogens is 1. The third-order valence-corrected chi connectivity index (χ3v) is 4.12. The Kier molecular flexibility index (Phi) is 6.67. The first kappa shape index (κ1) is 16.8. The van der Waals surface area contributed by atoms with E-state index in [0.29, 0.717) is 11.4 Å². The Hall–Kier alpha value is -1.60. The van der Waals surface area contributed by atoms with Crippen molar-refractivity contribution >= 4 is 23.6 Å². The summed E-state index contributed by atoms with van der Waals surface area (Å²) in [4.78, 5) is 23.4. The Morgan fingerprint density at radius 2 is 2.23 bits per heavy atom. The first-order valence-corrected chi connectivity index (χ1v) is 8.05. The van der Waals surface area contributed by atoms with E-state index in [1.54, 1.807) is 18.2 Å². The molecule has 1 aliphatic heterocycles. The van der Waals surface area contributed by atoms with Crippen molar-refractivity contribution in [3.63, 3.8) is 0 Å². The molecule has 1 amide bonds. The third kappa shape index (κ3) is 5.65. The number of hydrogen-bond donors (Lipinski definition) is 1. The first-order chi connectivity index (χ1) is 10.6. The molecule has 1 saturated heterocycles. The molecule has 120 valence electrons. The molecule has 0 aromatic heterocycles. The Bertz CT molecular complexity index is 520. The summed E-state index contributed by atoms with van der Waals surface area (Å²) < 4.78 is 23.6. The van der Waals surface area contributed by atoms with Crippen LogP contribution >= 0.6 is 11.8 Å². The van der Waals surface area contributed by atoms with Crippen molar-refractivity contribution < 1.29 is 23.5 Å². The van der Waals surface area contributed by atoms with E-state index >= 15 is 0 Å². The van der Waals surface area contributed by atoms with E-state index in [9.17, 15) is 14.0 Å². The Labute approximate surface area is 132 Å². The number of ether oxygens (including phenoxy) is 2. The average Bonchev–Trinajstić information content (AvgIpc) is 3.03. The van der Waals surface area contributed by atoms with E-state index < -0.39 is 5.97 Å². The van der Waals surface area contributed by atoms with E-state index in [0.717, 1.165) is 31.2 Å². The number of benzene rings is 1. The number of esters is 1. The molecule has 1 aromatic rings. The maximum atomic E-state index is 13.4. The van der Waals surface area contributed by atoms with Crippen LogP contribution in [0.2, 0.25) is 0 Å². The van der Waals surface area contributed by atoms with Gasteiger partial charge in [0.05, 0.1) is 11.9 Å². The van der Waals surface area contributed by atoms with E-state index in [-0.39, 0.29) is 30.2 Å². The summed E-state index contributed by atoms with van der Waals surface area (Å²) in [7, 11) is 0. The molecule has 1 heterocycles. The van der Waals surface area contributed by atoms with Crippen LogP contribution < -0.4 is 5.32 Å². The topological polar surface area (TPSA) is 64.6 Å². The Morgan fingerprint density at radius 1 is 1.41 bits per heavy atom. The number of hydrogen-bond acceptors (Lipinski definition) is 5. The normalized spacial score (nSPS) is 17.2. The predicted molar refractivity (Wildman–Crippen MR) is 80.1 cm³/mol. The van der Waals surface area contributed by atoms with Gasteiger partial charge in [0.2, 0.25) is 0 Å². The zero-order chi connectivity index (χ0) is 15.8. The van der Waals surface area contributed by atoms with Crippen LogP contribution in [0.3, 0.4) is 0 Å². The smallest absolute Gasteiger partial charge is 0.316 e. The molecule has 1 aromatic carbocycles. The average molecular weight is 327 g/mol. The van der Waals surface area contributed by atoms with Crippen molar-refractivity contribution in [1.29, 1.82) is 0 Å². The van der Waals surface area contributed by atoms with Crippen molar-refractivity contribution in [2.45, 2.75) is 23.8 Å². The van der Waals surface area contributed by atoms with Gasteiger partial charge in [0.1, 0.15) is 5.82 Å². The Balaban J connectivity index is 1.60. The summed E-state index contributed by atoms with van der Waals surface area (Å²) in [6.07, 6.45) is 1.98. The molecule has 5 nitrogen and oxygen atoms in total. The number of amides is 1. The van der Waals surface area contributed by atoms with E-state index in [1.807, 2.05) is 0 Å². The van der Waals surface area contributed by atoms with Gasteiger partial charge in [-0.3, -0.25) is 9.59 Å². The van der Waals surface area contributed by atoms with Gasteiger partial charge in [0, 0.05) is 18.0 Å². The summed E-state index contributed by atoms with van der Waals surface area (Å²) in [5.74, 6) is -1.34. The van der Waals surface area contributed by atoms with Crippen LogP contribution in [-0.2, 0) is 19.1 Å². The van der Waals surface area contributed by atoms with Crippen molar-refractivity contribution in [1.82, 2.24) is 5.32 Å². The van der Waals surface area contributed by atoms with E-state index in [1.165, 1.54) is 6.07 Å². The summed E-state index contributed by atoms with van der Waals surface area (Å²) in [5.41, 5.74) is 0. The number of nitrogens with one attached hydrogen (secondary N) is 1. The lowest BCUT2D eigenvalue weighted by Crippen LogP contribution is -2.35. The van der Waals surface area contributed by atoms with Crippen molar-refractivity contribution in [3.05, 3.63) is 30.1 Å². The minimum atomic E-state index is -0.555. The third-order valence-electron chi connectivity index (χ3n) is 3.10. The highest BCUT2D eigenvalue weighted by Crippen LogP contribution is 2.20. The number of rotatable bonds is 7. The second-order valence-electron chi connectivity index (χ2n) is 4.82. The van der Waals surface area contributed by atoms with Crippen molar-refractivity contribution in [3.8, 4) is 0 Å². The molecule has 0 radical (unpaired) electrons. The van der Waals surface area contributed by atoms with Crippen LogP contribution in [0.1, 0.15) is 12.8 Å². The minimum absolute atomic E-state index is 0.0417. The molecule has 0 aliphatic carbocycles. The lowest BCUT2D eigenvalue weighted by Gasteiger charge is -2.10. The molecular formula is C15H18FNO4S. The van der Waals surface area contributed by atoms with E-state index in [2.05, 4.69) is 5.32 Å². The number of carbonyl (C=O) groups is 2. The van der Waals surface area contributed by atoms with E-state index in [4.69, 9.17) is 9.47 Å². The molecule has 7 heteroatoms. The lowest BCUT2D eigenvalue weighted by atomic mass is 10.2. The van der Waals surface area contributed by atoms with Crippen molar-refractivity contribution in [2.75, 3.05) is 25.5 Å². The van der Waals surface area contributed by atoms with Gasteiger partial charge in [0.25, 0.3) is 5.91 Å². The lowest BCUT2D eigenvalue weighted by molar-refractivity contribution is -0.146. The maximum Gasteiger partial charge on any atom is 0.316 e. The predicted octanol–water partition coefficient (Wildman–Crippen LogP) is 1.76. The first-order valence-electron chi connectivity index (χ1n) is 7.06. The van der Waals surface area contributed by atoms with Gasteiger partial charge in [-0.05, 0) is 25.0 Å². The molecular weight excluding hydrogens is 309 g/mol. The molecule has 1 fully saturated rings. The van der Waals surface area contributed by atoms with Crippen LogP contribution in [0.4, 0.5) is 4.39 Å². The summed E-state index contributed by atoms with van der Waals surface area (Å²) in [6.45, 7) is 0.826. The van der Waals surface area contributed by atoms with Crippen LogP contribution in [0, 0.1) is 5.82 Å².